The van der Waals surface area contributed by atoms with E-state index >= 15 is 0 Å². The molecule has 0 radical (unpaired) electrons. The lowest BCUT2D eigenvalue weighted by atomic mass is 10.1. The van der Waals surface area contributed by atoms with E-state index in [-0.39, 0.29) is 17.7 Å². The van der Waals surface area contributed by atoms with E-state index in [2.05, 4.69) is 0 Å². The molecule has 5 heteroatoms. The zero-order valence-corrected chi connectivity index (χ0v) is 13.6. The summed E-state index contributed by atoms with van der Waals surface area (Å²) >= 11 is 0. The van der Waals surface area contributed by atoms with Crippen molar-refractivity contribution < 1.29 is 19.0 Å². The summed E-state index contributed by atoms with van der Waals surface area (Å²) in [6.07, 6.45) is 2.81. The van der Waals surface area contributed by atoms with Crippen LogP contribution in [-0.2, 0) is 13.9 Å². The summed E-state index contributed by atoms with van der Waals surface area (Å²) in [5, 5.41) is 9.21. The third-order valence-corrected chi connectivity index (χ3v) is 5.37. The Balaban J connectivity index is 4.99. The summed E-state index contributed by atoms with van der Waals surface area (Å²) < 4.78 is 18.0. The lowest BCUT2D eigenvalue weighted by molar-refractivity contribution is -0.132. The maximum Gasteiger partial charge on any atom is 0.331 e. The summed E-state index contributed by atoms with van der Waals surface area (Å²) in [5.74, 6) is -0.396. The van der Waals surface area contributed by atoms with Gasteiger partial charge in [0.15, 0.2) is 0 Å². The minimum Gasteiger partial charge on any atom is -0.478 e. The van der Waals surface area contributed by atoms with E-state index in [1.165, 1.54) is 0 Å². The molecule has 1 N–H and O–H groups in total. The third kappa shape index (κ3) is 8.22. The van der Waals surface area contributed by atoms with Crippen molar-refractivity contribution in [1.29, 1.82) is 0 Å². The molecule has 0 aliphatic carbocycles. The molecule has 0 amide bonds. The maximum absolute atomic E-state index is 12.7. The molecule has 1 atom stereocenters. The van der Waals surface area contributed by atoms with Crippen LogP contribution >= 0.6 is 7.37 Å². The second-order valence-corrected chi connectivity index (χ2v) is 8.20. The van der Waals surface area contributed by atoms with Crippen LogP contribution in [-0.4, -0.2) is 30.0 Å². The number of aliphatic carboxylic acids is 1. The highest BCUT2D eigenvalue weighted by atomic mass is 31.2. The summed E-state index contributed by atoms with van der Waals surface area (Å²) in [4.78, 5) is 11.2. The van der Waals surface area contributed by atoms with Gasteiger partial charge < -0.3 is 9.63 Å². The van der Waals surface area contributed by atoms with Gasteiger partial charge >= 0.3 is 5.97 Å². The van der Waals surface area contributed by atoms with Crippen LogP contribution in [0.3, 0.4) is 0 Å². The zero-order chi connectivity index (χ0) is 15.1. The number of hydrogen-bond donors (Lipinski definition) is 1. The fraction of sp³-hybridized carbons (Fsp3) is 0.786. The van der Waals surface area contributed by atoms with Crippen molar-refractivity contribution in [2.45, 2.75) is 41.0 Å². The summed E-state index contributed by atoms with van der Waals surface area (Å²) in [6.45, 7) is 10.1. The number of carbonyl (C=O) groups is 1. The van der Waals surface area contributed by atoms with E-state index in [0.29, 0.717) is 25.1 Å². The van der Waals surface area contributed by atoms with Gasteiger partial charge in [-0.3, -0.25) is 4.57 Å². The molecule has 0 bridgehead atoms. The van der Waals surface area contributed by atoms with Crippen molar-refractivity contribution in [3.63, 3.8) is 0 Å². The maximum atomic E-state index is 12.7. The number of carboxylic acids is 1. The number of carboxylic acid groups (broad SMARTS) is 1. The molecular weight excluding hydrogens is 263 g/mol. The Labute approximate surface area is 116 Å². The van der Waals surface area contributed by atoms with E-state index in [1.54, 1.807) is 13.0 Å². The normalized spacial score (nSPS) is 15.8. The molecule has 0 fully saturated rings. The van der Waals surface area contributed by atoms with Crippen molar-refractivity contribution in [3.05, 3.63) is 11.6 Å². The van der Waals surface area contributed by atoms with Crippen LogP contribution in [0.1, 0.15) is 41.0 Å². The van der Waals surface area contributed by atoms with Gasteiger partial charge in [-0.15, -0.1) is 0 Å². The first kappa shape index (κ1) is 18.4. The van der Waals surface area contributed by atoms with Crippen LogP contribution in [0.15, 0.2) is 11.6 Å². The third-order valence-electron chi connectivity index (χ3n) is 2.53. The predicted molar refractivity (Wildman–Crippen MR) is 79.0 cm³/mol. The van der Waals surface area contributed by atoms with Crippen LogP contribution in [0.5, 0.6) is 0 Å². The number of hydrogen-bond acceptors (Lipinski definition) is 3. The topological polar surface area (TPSA) is 63.6 Å². The molecule has 0 aliphatic rings. The smallest absolute Gasteiger partial charge is 0.331 e. The molecule has 0 saturated heterocycles. The Bertz CT molecular complexity index is 358. The minimum atomic E-state index is -2.89. The molecule has 0 rings (SSSR count). The van der Waals surface area contributed by atoms with Crippen LogP contribution in [0, 0.1) is 11.8 Å². The van der Waals surface area contributed by atoms with E-state index in [1.807, 2.05) is 27.7 Å². The molecule has 0 aromatic heterocycles. The van der Waals surface area contributed by atoms with Crippen LogP contribution < -0.4 is 0 Å². The van der Waals surface area contributed by atoms with Gasteiger partial charge in [-0.2, -0.15) is 0 Å². The Morgan fingerprint density at radius 1 is 1.26 bits per heavy atom. The first-order chi connectivity index (χ1) is 8.70. The lowest BCUT2D eigenvalue weighted by Crippen LogP contribution is -2.12. The fourth-order valence-corrected chi connectivity index (χ4v) is 4.50. The van der Waals surface area contributed by atoms with Gasteiger partial charge in [0.1, 0.15) is 0 Å². The SMILES string of the molecule is CCOP(=O)(CC(=CCC(C)C)C(=O)O)CC(C)C. The van der Waals surface area contributed by atoms with Crippen molar-refractivity contribution in [1.82, 2.24) is 0 Å². The van der Waals surface area contributed by atoms with Gasteiger partial charge in [0.25, 0.3) is 0 Å². The van der Waals surface area contributed by atoms with Crippen molar-refractivity contribution in [3.8, 4) is 0 Å². The average Bonchev–Trinajstić information content (AvgIpc) is 2.22. The van der Waals surface area contributed by atoms with Gasteiger partial charge in [-0.1, -0.05) is 33.8 Å². The molecule has 0 spiro atoms. The second kappa shape index (κ2) is 8.55. The summed E-state index contributed by atoms with van der Waals surface area (Å²) in [5.41, 5.74) is 0.214. The van der Waals surface area contributed by atoms with Gasteiger partial charge in [-0.25, -0.2) is 4.79 Å². The monoisotopic (exact) mass is 290 g/mol. The van der Waals surface area contributed by atoms with Crippen molar-refractivity contribution in [2.24, 2.45) is 11.8 Å². The van der Waals surface area contributed by atoms with Crippen LogP contribution in [0.4, 0.5) is 0 Å². The zero-order valence-electron chi connectivity index (χ0n) is 12.7. The highest BCUT2D eigenvalue weighted by Crippen LogP contribution is 2.50. The molecule has 0 saturated carbocycles. The van der Waals surface area contributed by atoms with E-state index < -0.39 is 13.3 Å². The first-order valence-electron chi connectivity index (χ1n) is 6.85. The number of allylic oxidation sites excluding steroid dienone is 1. The van der Waals surface area contributed by atoms with Gasteiger partial charge in [0.05, 0.1) is 12.8 Å². The van der Waals surface area contributed by atoms with Gasteiger partial charge in [-0.05, 0) is 25.2 Å². The van der Waals surface area contributed by atoms with E-state index in [0.717, 1.165) is 0 Å². The minimum absolute atomic E-state index is 0.0288. The largest absolute Gasteiger partial charge is 0.478 e. The van der Waals surface area contributed by atoms with E-state index in [9.17, 15) is 14.5 Å². The molecular formula is C14H27O4P. The van der Waals surface area contributed by atoms with E-state index in [4.69, 9.17) is 4.52 Å². The first-order valence-corrected chi connectivity index (χ1v) is 8.84. The molecule has 0 aromatic rings. The highest BCUT2D eigenvalue weighted by molar-refractivity contribution is 7.59. The quantitative estimate of drug-likeness (QED) is 0.514. The van der Waals surface area contributed by atoms with Gasteiger partial charge in [0.2, 0.25) is 7.37 Å². The Hall–Kier alpha value is -0.600. The molecule has 4 nitrogen and oxygen atoms in total. The standard InChI is InChI=1S/C14H27O4P/c1-6-18-19(17,9-12(4)5)10-13(14(15)16)8-7-11(2)3/h8,11-12H,6-7,9-10H2,1-5H3,(H,15,16). The van der Waals surface area contributed by atoms with Gasteiger partial charge in [0, 0.05) is 11.7 Å². The summed E-state index contributed by atoms with van der Waals surface area (Å²) in [6, 6.07) is 0. The van der Waals surface area contributed by atoms with Crippen LogP contribution in [0.25, 0.3) is 0 Å². The Morgan fingerprint density at radius 3 is 2.21 bits per heavy atom. The lowest BCUT2D eigenvalue weighted by Gasteiger charge is -2.20. The average molecular weight is 290 g/mol. The number of rotatable bonds is 9. The van der Waals surface area contributed by atoms with Crippen LogP contribution in [0.2, 0.25) is 0 Å². The summed E-state index contributed by atoms with van der Waals surface area (Å²) in [7, 11) is -2.89. The molecule has 0 heterocycles. The molecule has 1 unspecified atom stereocenters. The Morgan fingerprint density at radius 2 is 1.84 bits per heavy atom. The second-order valence-electron chi connectivity index (χ2n) is 5.63. The predicted octanol–water partition coefficient (Wildman–Crippen LogP) is 4.01. The van der Waals surface area contributed by atoms with Crippen molar-refractivity contribution >= 4 is 13.3 Å². The highest BCUT2D eigenvalue weighted by Gasteiger charge is 2.27. The molecule has 112 valence electrons. The fourth-order valence-electron chi connectivity index (χ4n) is 1.81. The molecule has 19 heavy (non-hydrogen) atoms. The Kier molecular flexibility index (Phi) is 8.28. The molecule has 0 aromatic carbocycles. The molecule has 0 aliphatic heterocycles. The van der Waals surface area contributed by atoms with Crippen molar-refractivity contribution in [2.75, 3.05) is 18.9 Å².